The van der Waals surface area contributed by atoms with Crippen LogP contribution in [0.4, 0.5) is 5.69 Å². The van der Waals surface area contributed by atoms with Gasteiger partial charge in [-0.25, -0.2) is 8.42 Å². The first-order valence-corrected chi connectivity index (χ1v) is 8.02. The molecular weight excluding hydrogens is 324 g/mol. The summed E-state index contributed by atoms with van der Waals surface area (Å²) in [7, 11) is -3.82. The van der Waals surface area contributed by atoms with Gasteiger partial charge in [0.2, 0.25) is 0 Å². The maximum atomic E-state index is 12.4. The van der Waals surface area contributed by atoms with E-state index in [0.29, 0.717) is 11.2 Å². The van der Waals surface area contributed by atoms with Crippen LogP contribution in [0, 0.1) is 11.3 Å². The molecule has 110 valence electrons. The third-order valence-corrected chi connectivity index (χ3v) is 4.77. The number of para-hydroxylation sites is 1. The predicted octanol–water partition coefficient (Wildman–Crippen LogP) is 2.89. The molecule has 0 aliphatic rings. The van der Waals surface area contributed by atoms with Crippen LogP contribution in [-0.2, 0) is 10.0 Å². The molecule has 22 heavy (non-hydrogen) atoms. The van der Waals surface area contributed by atoms with E-state index in [4.69, 9.17) is 16.9 Å². The van der Waals surface area contributed by atoms with E-state index in [-0.39, 0.29) is 15.5 Å². The summed E-state index contributed by atoms with van der Waals surface area (Å²) in [6, 6.07) is 11.0. The standard InChI is InChI=1S/C14H9ClN4O2S/c15-12-6-11(5-4-9(12)7-16)22(20,21)19-13-3-1-2-10-8-17-18-14(10)13/h1-6,8,19H,(H,17,18). The number of aromatic amines is 1. The van der Waals surface area contributed by atoms with Crippen molar-refractivity contribution in [3.05, 3.63) is 53.2 Å². The summed E-state index contributed by atoms with van der Waals surface area (Å²) in [5, 5.41) is 16.3. The number of anilines is 1. The lowest BCUT2D eigenvalue weighted by molar-refractivity contribution is 0.601. The molecule has 3 aromatic rings. The van der Waals surface area contributed by atoms with Crippen LogP contribution in [0.2, 0.25) is 5.02 Å². The van der Waals surface area contributed by atoms with E-state index >= 15 is 0 Å². The number of rotatable bonds is 3. The minimum absolute atomic E-state index is 0.0204. The fourth-order valence-corrected chi connectivity index (χ4v) is 3.40. The molecule has 0 atom stereocenters. The number of fused-ring (bicyclic) bond motifs is 1. The molecule has 0 unspecified atom stereocenters. The van der Waals surface area contributed by atoms with Crippen LogP contribution < -0.4 is 4.72 Å². The second-order valence-electron chi connectivity index (χ2n) is 4.50. The average Bonchev–Trinajstić information content (AvgIpc) is 2.96. The Morgan fingerprint density at radius 3 is 2.82 bits per heavy atom. The van der Waals surface area contributed by atoms with Gasteiger partial charge in [-0.3, -0.25) is 9.82 Å². The summed E-state index contributed by atoms with van der Waals surface area (Å²) >= 11 is 5.89. The van der Waals surface area contributed by atoms with Gasteiger partial charge in [0.05, 0.1) is 32.9 Å². The Morgan fingerprint density at radius 2 is 2.09 bits per heavy atom. The van der Waals surface area contributed by atoms with Crippen LogP contribution >= 0.6 is 11.6 Å². The van der Waals surface area contributed by atoms with Crippen molar-refractivity contribution in [2.24, 2.45) is 0 Å². The summed E-state index contributed by atoms with van der Waals surface area (Å²) in [5.74, 6) is 0. The number of sulfonamides is 1. The molecule has 0 aliphatic heterocycles. The predicted molar refractivity (Wildman–Crippen MR) is 83.1 cm³/mol. The van der Waals surface area contributed by atoms with Gasteiger partial charge >= 0.3 is 0 Å². The zero-order chi connectivity index (χ0) is 15.7. The molecule has 0 saturated carbocycles. The zero-order valence-electron chi connectivity index (χ0n) is 11.0. The first-order chi connectivity index (χ1) is 10.5. The van der Waals surface area contributed by atoms with E-state index in [0.717, 1.165) is 5.39 Å². The third kappa shape index (κ3) is 2.50. The highest BCUT2D eigenvalue weighted by molar-refractivity contribution is 7.92. The number of nitriles is 1. The molecule has 0 spiro atoms. The number of aromatic nitrogens is 2. The molecule has 0 amide bonds. The van der Waals surface area contributed by atoms with Crippen molar-refractivity contribution < 1.29 is 8.42 Å². The molecule has 1 aromatic heterocycles. The average molecular weight is 333 g/mol. The topological polar surface area (TPSA) is 98.6 Å². The highest BCUT2D eigenvalue weighted by Crippen LogP contribution is 2.25. The van der Waals surface area contributed by atoms with Gasteiger partial charge in [-0.2, -0.15) is 10.4 Å². The van der Waals surface area contributed by atoms with Crippen molar-refractivity contribution in [3.8, 4) is 6.07 Å². The van der Waals surface area contributed by atoms with Gasteiger partial charge in [-0.15, -0.1) is 0 Å². The highest BCUT2D eigenvalue weighted by atomic mass is 35.5. The monoisotopic (exact) mass is 332 g/mol. The Hall–Kier alpha value is -2.56. The smallest absolute Gasteiger partial charge is 0.262 e. The third-order valence-electron chi connectivity index (χ3n) is 3.09. The molecule has 0 fully saturated rings. The number of nitrogens with one attached hydrogen (secondary N) is 2. The second-order valence-corrected chi connectivity index (χ2v) is 6.59. The Labute approximate surface area is 131 Å². The number of benzene rings is 2. The molecule has 0 saturated heterocycles. The number of hydrogen-bond donors (Lipinski definition) is 2. The molecular formula is C14H9ClN4O2S. The molecule has 0 aliphatic carbocycles. The minimum Gasteiger partial charge on any atom is -0.277 e. The number of halogens is 1. The first kappa shape index (κ1) is 14.4. The SMILES string of the molecule is N#Cc1ccc(S(=O)(=O)Nc2cccc3cn[nH]c23)cc1Cl. The van der Waals surface area contributed by atoms with Crippen molar-refractivity contribution in [2.45, 2.75) is 4.90 Å². The molecule has 0 bridgehead atoms. The van der Waals surface area contributed by atoms with Crippen molar-refractivity contribution >= 4 is 38.2 Å². The zero-order valence-corrected chi connectivity index (χ0v) is 12.6. The largest absolute Gasteiger partial charge is 0.277 e. The quantitative estimate of drug-likeness (QED) is 0.770. The van der Waals surface area contributed by atoms with Crippen molar-refractivity contribution in [3.63, 3.8) is 0 Å². The lowest BCUT2D eigenvalue weighted by Crippen LogP contribution is -2.13. The van der Waals surface area contributed by atoms with Gasteiger partial charge in [0.25, 0.3) is 10.0 Å². The van der Waals surface area contributed by atoms with Gasteiger partial charge in [0.15, 0.2) is 0 Å². The fraction of sp³-hybridized carbons (Fsp3) is 0. The highest BCUT2D eigenvalue weighted by Gasteiger charge is 2.17. The molecule has 1 heterocycles. The number of nitrogens with zero attached hydrogens (tertiary/aromatic N) is 2. The Morgan fingerprint density at radius 1 is 1.27 bits per heavy atom. The summed E-state index contributed by atoms with van der Waals surface area (Å²) in [4.78, 5) is -0.0204. The van der Waals surface area contributed by atoms with E-state index < -0.39 is 10.0 Å². The lowest BCUT2D eigenvalue weighted by Gasteiger charge is -2.09. The van der Waals surface area contributed by atoms with E-state index in [1.165, 1.54) is 18.2 Å². The maximum Gasteiger partial charge on any atom is 0.262 e. The van der Waals surface area contributed by atoms with Crippen LogP contribution in [0.3, 0.4) is 0 Å². The lowest BCUT2D eigenvalue weighted by atomic mass is 10.2. The van der Waals surface area contributed by atoms with Crippen molar-refractivity contribution in [1.29, 1.82) is 5.26 Å². The molecule has 2 N–H and O–H groups in total. The summed E-state index contributed by atoms with van der Waals surface area (Å²) in [6.07, 6.45) is 1.60. The Kier molecular flexibility index (Phi) is 3.48. The molecule has 3 rings (SSSR count). The normalized spacial score (nSPS) is 11.3. The van der Waals surface area contributed by atoms with Crippen LogP contribution in [-0.4, -0.2) is 18.6 Å². The second kappa shape index (κ2) is 5.33. The molecule has 8 heteroatoms. The summed E-state index contributed by atoms with van der Waals surface area (Å²) in [5.41, 5.74) is 1.19. The van der Waals surface area contributed by atoms with Gasteiger partial charge in [0.1, 0.15) is 6.07 Å². The summed E-state index contributed by atoms with van der Waals surface area (Å²) in [6.45, 7) is 0. The Balaban J connectivity index is 2.02. The summed E-state index contributed by atoms with van der Waals surface area (Å²) < 4.78 is 27.4. The minimum atomic E-state index is -3.82. The number of hydrogen-bond acceptors (Lipinski definition) is 4. The van der Waals surface area contributed by atoms with Gasteiger partial charge in [0, 0.05) is 5.39 Å². The van der Waals surface area contributed by atoms with Crippen LogP contribution in [0.15, 0.2) is 47.5 Å². The first-order valence-electron chi connectivity index (χ1n) is 6.16. The molecule has 6 nitrogen and oxygen atoms in total. The van der Waals surface area contributed by atoms with Crippen LogP contribution in [0.1, 0.15) is 5.56 Å². The van der Waals surface area contributed by atoms with Gasteiger partial charge in [-0.1, -0.05) is 23.7 Å². The van der Waals surface area contributed by atoms with Crippen LogP contribution in [0.25, 0.3) is 10.9 Å². The van der Waals surface area contributed by atoms with E-state index in [2.05, 4.69) is 14.9 Å². The molecule has 2 aromatic carbocycles. The van der Waals surface area contributed by atoms with E-state index in [1.54, 1.807) is 18.3 Å². The number of H-pyrrole nitrogens is 1. The van der Waals surface area contributed by atoms with E-state index in [9.17, 15) is 8.42 Å². The Bertz CT molecular complexity index is 1010. The molecule has 0 radical (unpaired) electrons. The maximum absolute atomic E-state index is 12.4. The van der Waals surface area contributed by atoms with Crippen LogP contribution in [0.5, 0.6) is 0 Å². The fourth-order valence-electron chi connectivity index (χ4n) is 2.01. The van der Waals surface area contributed by atoms with E-state index in [1.807, 2.05) is 12.1 Å². The van der Waals surface area contributed by atoms with Crippen molar-refractivity contribution in [1.82, 2.24) is 10.2 Å². The van der Waals surface area contributed by atoms with Gasteiger partial charge in [-0.05, 0) is 24.3 Å². The van der Waals surface area contributed by atoms with Gasteiger partial charge < -0.3 is 0 Å². The van der Waals surface area contributed by atoms with Crippen molar-refractivity contribution in [2.75, 3.05) is 4.72 Å².